The van der Waals surface area contributed by atoms with E-state index >= 15 is 0 Å². The molecular weight excluding hydrogens is 288 g/mol. The van der Waals surface area contributed by atoms with Gasteiger partial charge >= 0.3 is 0 Å². The molecule has 1 aliphatic rings. The molecule has 6 nitrogen and oxygen atoms in total. The van der Waals surface area contributed by atoms with Crippen LogP contribution in [0.3, 0.4) is 0 Å². The van der Waals surface area contributed by atoms with Crippen molar-refractivity contribution in [1.29, 1.82) is 0 Å². The first-order valence-corrected chi connectivity index (χ1v) is 7.94. The second kappa shape index (κ2) is 5.95. The summed E-state index contributed by atoms with van der Waals surface area (Å²) in [6, 6.07) is 5.36. The number of rotatable bonds is 4. The normalized spacial score (nSPS) is 18.8. The first-order valence-electron chi connectivity index (χ1n) is 7.13. The Balaban J connectivity index is 1.78. The molecule has 1 aliphatic heterocycles. The molecule has 0 radical (unpaired) electrons. The van der Waals surface area contributed by atoms with Crippen molar-refractivity contribution in [3.63, 3.8) is 0 Å². The molecule has 1 N–H and O–H groups in total. The molecule has 0 saturated carbocycles. The molecule has 0 aliphatic carbocycles. The highest BCUT2D eigenvalue weighted by atomic mass is 32.1. The Morgan fingerprint density at radius 2 is 2.38 bits per heavy atom. The van der Waals surface area contributed by atoms with Crippen LogP contribution in [-0.4, -0.2) is 36.1 Å². The molecule has 0 bridgehead atoms. The Morgan fingerprint density at radius 3 is 3.10 bits per heavy atom. The zero-order valence-electron chi connectivity index (χ0n) is 11.9. The molecule has 1 aromatic heterocycles. The van der Waals surface area contributed by atoms with Crippen LogP contribution in [0.4, 0.5) is 10.8 Å². The predicted octanol–water partition coefficient (Wildman–Crippen LogP) is 2.78. The van der Waals surface area contributed by atoms with Crippen LogP contribution in [-0.2, 0) is 0 Å². The van der Waals surface area contributed by atoms with Gasteiger partial charge in [-0.3, -0.25) is 10.1 Å². The lowest BCUT2D eigenvalue weighted by Gasteiger charge is -2.27. The van der Waals surface area contributed by atoms with Crippen molar-refractivity contribution in [2.75, 3.05) is 25.0 Å². The highest BCUT2D eigenvalue weighted by Crippen LogP contribution is 2.30. The van der Waals surface area contributed by atoms with E-state index in [1.54, 1.807) is 23.5 Å². The summed E-state index contributed by atoms with van der Waals surface area (Å²) >= 11 is 1.58. The van der Waals surface area contributed by atoms with Crippen molar-refractivity contribution < 1.29 is 4.92 Å². The highest BCUT2D eigenvalue weighted by molar-refractivity contribution is 7.22. The Labute approximate surface area is 126 Å². The van der Waals surface area contributed by atoms with Gasteiger partial charge in [0.2, 0.25) is 0 Å². The lowest BCUT2D eigenvalue weighted by Crippen LogP contribution is -2.42. The van der Waals surface area contributed by atoms with E-state index in [-0.39, 0.29) is 10.6 Å². The number of anilines is 1. The van der Waals surface area contributed by atoms with Gasteiger partial charge in [-0.15, -0.1) is 0 Å². The summed E-state index contributed by atoms with van der Waals surface area (Å²) in [7, 11) is 2.03. The van der Waals surface area contributed by atoms with Gasteiger partial charge in [0.25, 0.3) is 5.69 Å². The fourth-order valence-corrected chi connectivity index (χ4v) is 3.59. The van der Waals surface area contributed by atoms with E-state index < -0.39 is 0 Å². The largest absolute Gasteiger partial charge is 0.350 e. The third kappa shape index (κ3) is 3.14. The summed E-state index contributed by atoms with van der Waals surface area (Å²) in [5.74, 6) is 0. The molecule has 1 fully saturated rings. The second-order valence-electron chi connectivity index (χ2n) is 5.43. The first-order chi connectivity index (χ1) is 10.1. The average molecular weight is 306 g/mol. The quantitative estimate of drug-likeness (QED) is 0.694. The number of nitro groups is 1. The summed E-state index contributed by atoms with van der Waals surface area (Å²) in [5.41, 5.74) is 0.795. The third-order valence-corrected chi connectivity index (χ3v) is 4.95. The van der Waals surface area contributed by atoms with Crippen LogP contribution < -0.4 is 10.2 Å². The van der Waals surface area contributed by atoms with Gasteiger partial charge < -0.3 is 10.2 Å². The summed E-state index contributed by atoms with van der Waals surface area (Å²) in [5, 5.41) is 15.2. The van der Waals surface area contributed by atoms with Gasteiger partial charge in [-0.2, -0.15) is 0 Å². The molecule has 3 rings (SSSR count). The summed E-state index contributed by atoms with van der Waals surface area (Å²) in [6.07, 6.45) is 3.73. The number of fused-ring (bicyclic) bond motifs is 1. The second-order valence-corrected chi connectivity index (χ2v) is 6.44. The summed E-state index contributed by atoms with van der Waals surface area (Å²) in [4.78, 5) is 17.1. The van der Waals surface area contributed by atoms with Crippen LogP contribution in [0.15, 0.2) is 18.2 Å². The molecule has 0 unspecified atom stereocenters. The molecule has 1 aromatic carbocycles. The number of nitrogens with one attached hydrogen (secondary N) is 1. The van der Waals surface area contributed by atoms with Gasteiger partial charge in [0.05, 0.1) is 15.1 Å². The van der Waals surface area contributed by atoms with Gasteiger partial charge in [-0.25, -0.2) is 4.98 Å². The smallest absolute Gasteiger partial charge is 0.271 e. The van der Waals surface area contributed by atoms with E-state index in [1.165, 1.54) is 25.3 Å². The monoisotopic (exact) mass is 306 g/mol. The number of nitro benzene ring substituents is 1. The maximum Gasteiger partial charge on any atom is 0.271 e. The van der Waals surface area contributed by atoms with Gasteiger partial charge in [0, 0.05) is 31.8 Å². The number of aromatic nitrogens is 1. The highest BCUT2D eigenvalue weighted by Gasteiger charge is 2.17. The van der Waals surface area contributed by atoms with Crippen LogP contribution in [0.25, 0.3) is 10.2 Å². The Kier molecular flexibility index (Phi) is 4.03. The molecule has 7 heteroatoms. The molecule has 2 aromatic rings. The topological polar surface area (TPSA) is 71.3 Å². The average Bonchev–Trinajstić information content (AvgIpc) is 2.91. The number of thiazole rings is 1. The van der Waals surface area contributed by atoms with E-state index in [1.807, 2.05) is 7.05 Å². The number of benzene rings is 1. The predicted molar refractivity (Wildman–Crippen MR) is 85.2 cm³/mol. The third-order valence-electron chi connectivity index (χ3n) is 3.80. The maximum absolute atomic E-state index is 10.8. The zero-order valence-corrected chi connectivity index (χ0v) is 12.7. The van der Waals surface area contributed by atoms with Crippen LogP contribution in [0.2, 0.25) is 0 Å². The molecule has 21 heavy (non-hydrogen) atoms. The fourth-order valence-electron chi connectivity index (χ4n) is 2.67. The Morgan fingerprint density at radius 1 is 1.52 bits per heavy atom. The van der Waals surface area contributed by atoms with E-state index in [2.05, 4.69) is 15.2 Å². The fraction of sp³-hybridized carbons (Fsp3) is 0.500. The summed E-state index contributed by atoms with van der Waals surface area (Å²) in [6.45, 7) is 2.01. The Bertz CT molecular complexity index is 651. The number of non-ortho nitro benzene ring substituents is 1. The van der Waals surface area contributed by atoms with E-state index in [0.29, 0.717) is 11.6 Å². The molecule has 2 heterocycles. The van der Waals surface area contributed by atoms with Crippen molar-refractivity contribution in [2.45, 2.75) is 25.3 Å². The lowest BCUT2D eigenvalue weighted by atomic mass is 10.1. The van der Waals surface area contributed by atoms with Gasteiger partial charge in [-0.1, -0.05) is 17.8 Å². The molecule has 112 valence electrons. The van der Waals surface area contributed by atoms with Gasteiger partial charge in [0.15, 0.2) is 5.13 Å². The number of likely N-dealkylation sites (N-methyl/N-ethyl adjacent to an activating group) is 1. The van der Waals surface area contributed by atoms with Crippen molar-refractivity contribution in [1.82, 2.24) is 10.3 Å². The lowest BCUT2D eigenvalue weighted by molar-refractivity contribution is -0.384. The molecule has 1 saturated heterocycles. The SMILES string of the molecule is CN(C[C@@H]1CCCCN1)c1nc2cc([N+](=O)[O-])ccc2s1. The minimum Gasteiger partial charge on any atom is -0.350 e. The standard InChI is InChI=1S/C14H18N4O2S/c1-17(9-10-4-2-3-7-15-10)14-16-12-8-11(18(19)20)5-6-13(12)21-14/h5-6,8,10,15H,2-4,7,9H2,1H3/t10-/m0/s1. The van der Waals surface area contributed by atoms with E-state index in [0.717, 1.165) is 22.9 Å². The minimum atomic E-state index is -0.381. The zero-order chi connectivity index (χ0) is 14.8. The van der Waals surface area contributed by atoms with E-state index in [9.17, 15) is 10.1 Å². The minimum absolute atomic E-state index is 0.0935. The molecule has 0 spiro atoms. The summed E-state index contributed by atoms with van der Waals surface area (Å²) < 4.78 is 0.985. The van der Waals surface area contributed by atoms with Crippen molar-refractivity contribution in [2.24, 2.45) is 0 Å². The van der Waals surface area contributed by atoms with Crippen molar-refractivity contribution in [3.8, 4) is 0 Å². The number of nitrogens with zero attached hydrogens (tertiary/aromatic N) is 3. The van der Waals surface area contributed by atoms with Crippen LogP contribution in [0, 0.1) is 10.1 Å². The van der Waals surface area contributed by atoms with Crippen LogP contribution in [0.1, 0.15) is 19.3 Å². The van der Waals surface area contributed by atoms with E-state index in [4.69, 9.17) is 0 Å². The molecular formula is C14H18N4O2S. The van der Waals surface area contributed by atoms with Gasteiger partial charge in [-0.05, 0) is 25.5 Å². The maximum atomic E-state index is 10.8. The Hall–Kier alpha value is -1.73. The molecule has 0 amide bonds. The van der Waals surface area contributed by atoms with Crippen LogP contribution in [0.5, 0.6) is 0 Å². The first kappa shape index (κ1) is 14.2. The number of hydrogen-bond donors (Lipinski definition) is 1. The van der Waals surface area contributed by atoms with Crippen molar-refractivity contribution >= 4 is 32.4 Å². The van der Waals surface area contributed by atoms with Crippen molar-refractivity contribution in [3.05, 3.63) is 28.3 Å². The van der Waals surface area contributed by atoms with Gasteiger partial charge in [0.1, 0.15) is 0 Å². The number of piperidine rings is 1. The number of hydrogen-bond acceptors (Lipinski definition) is 6. The molecule has 1 atom stereocenters. The van der Waals surface area contributed by atoms with Crippen LogP contribution >= 0.6 is 11.3 Å².